The van der Waals surface area contributed by atoms with Crippen LogP contribution in [0.3, 0.4) is 0 Å². The van der Waals surface area contributed by atoms with Crippen LogP contribution in [-0.2, 0) is 11.2 Å². The van der Waals surface area contributed by atoms with Crippen molar-refractivity contribution >= 4 is 11.7 Å². The van der Waals surface area contributed by atoms with Crippen molar-refractivity contribution in [3.05, 3.63) is 29.3 Å². The molecule has 0 amide bonds. The lowest BCUT2D eigenvalue weighted by Gasteiger charge is -2.30. The predicted octanol–water partition coefficient (Wildman–Crippen LogP) is 1.19. The van der Waals surface area contributed by atoms with Gasteiger partial charge in [0.2, 0.25) is 0 Å². The lowest BCUT2D eigenvalue weighted by Crippen LogP contribution is -2.27. The fourth-order valence-electron chi connectivity index (χ4n) is 2.25. The zero-order valence-corrected chi connectivity index (χ0v) is 9.18. The highest BCUT2D eigenvalue weighted by Gasteiger charge is 2.24. The fraction of sp³-hybridized carbons (Fsp3) is 0.417. The van der Waals surface area contributed by atoms with Crippen LogP contribution in [0.2, 0.25) is 0 Å². The summed E-state index contributed by atoms with van der Waals surface area (Å²) in [6.07, 6.45) is 0.575. The zero-order chi connectivity index (χ0) is 11.7. The standard InChI is InChI=1S/C12H15NO3/c1-13-7-3-5-8-4-2-6-9(10(8)13)11(14)12(15)16/h2,4,6,11,14H,3,5,7H2,1H3,(H,15,16). The topological polar surface area (TPSA) is 60.8 Å². The Morgan fingerprint density at radius 1 is 1.50 bits per heavy atom. The van der Waals surface area contributed by atoms with E-state index < -0.39 is 12.1 Å². The van der Waals surface area contributed by atoms with Crippen LogP contribution in [0.4, 0.5) is 5.69 Å². The Balaban J connectivity index is 2.50. The molecule has 0 saturated heterocycles. The summed E-state index contributed by atoms with van der Waals surface area (Å²) in [6.45, 7) is 0.899. The van der Waals surface area contributed by atoms with Crippen LogP contribution in [0.25, 0.3) is 0 Å². The second-order valence-corrected chi connectivity index (χ2v) is 4.12. The molecular weight excluding hydrogens is 206 g/mol. The quantitative estimate of drug-likeness (QED) is 0.787. The summed E-state index contributed by atoms with van der Waals surface area (Å²) in [4.78, 5) is 12.8. The van der Waals surface area contributed by atoms with Crippen molar-refractivity contribution in [2.75, 3.05) is 18.5 Å². The summed E-state index contributed by atoms with van der Waals surface area (Å²) in [5.41, 5.74) is 2.49. The Kier molecular flexibility index (Phi) is 2.83. The molecule has 0 saturated carbocycles. The van der Waals surface area contributed by atoms with E-state index in [4.69, 9.17) is 5.11 Å². The van der Waals surface area contributed by atoms with Crippen LogP contribution in [0.15, 0.2) is 18.2 Å². The number of anilines is 1. The molecule has 0 aromatic heterocycles. The van der Waals surface area contributed by atoms with Crippen molar-refractivity contribution in [2.45, 2.75) is 18.9 Å². The lowest BCUT2D eigenvalue weighted by molar-refractivity contribution is -0.146. The molecule has 0 bridgehead atoms. The third-order valence-electron chi connectivity index (χ3n) is 3.00. The van der Waals surface area contributed by atoms with E-state index in [0.717, 1.165) is 30.6 Å². The van der Waals surface area contributed by atoms with Crippen LogP contribution in [0.1, 0.15) is 23.7 Å². The highest BCUT2D eigenvalue weighted by molar-refractivity contribution is 5.78. The Morgan fingerprint density at radius 2 is 2.25 bits per heavy atom. The van der Waals surface area contributed by atoms with E-state index in [1.165, 1.54) is 0 Å². The van der Waals surface area contributed by atoms with Gasteiger partial charge in [-0.3, -0.25) is 0 Å². The second-order valence-electron chi connectivity index (χ2n) is 4.12. The number of fused-ring (bicyclic) bond motifs is 1. The molecule has 86 valence electrons. The molecule has 0 fully saturated rings. The van der Waals surface area contributed by atoms with Gasteiger partial charge >= 0.3 is 5.97 Å². The molecule has 4 nitrogen and oxygen atoms in total. The number of carboxylic acids is 1. The van der Waals surface area contributed by atoms with Gasteiger partial charge in [0.15, 0.2) is 6.10 Å². The first kappa shape index (κ1) is 11.0. The Morgan fingerprint density at radius 3 is 2.94 bits per heavy atom. The summed E-state index contributed by atoms with van der Waals surface area (Å²) >= 11 is 0. The van der Waals surface area contributed by atoms with Gasteiger partial charge in [-0.15, -0.1) is 0 Å². The first-order valence-corrected chi connectivity index (χ1v) is 5.35. The van der Waals surface area contributed by atoms with Crippen molar-refractivity contribution < 1.29 is 15.0 Å². The Bertz CT molecular complexity index is 417. The number of rotatable bonds is 2. The number of carbonyl (C=O) groups is 1. The van der Waals surface area contributed by atoms with Crippen LogP contribution in [-0.4, -0.2) is 29.8 Å². The van der Waals surface area contributed by atoms with Gasteiger partial charge < -0.3 is 15.1 Å². The third kappa shape index (κ3) is 1.76. The minimum absolute atomic E-state index is 0.493. The molecule has 0 radical (unpaired) electrons. The monoisotopic (exact) mass is 221 g/mol. The highest BCUT2D eigenvalue weighted by Crippen LogP contribution is 2.33. The third-order valence-corrected chi connectivity index (χ3v) is 3.00. The molecule has 1 aromatic rings. The Labute approximate surface area is 94.1 Å². The van der Waals surface area contributed by atoms with Crippen molar-refractivity contribution in [3.63, 3.8) is 0 Å². The number of para-hydroxylation sites is 1. The predicted molar refractivity (Wildman–Crippen MR) is 60.6 cm³/mol. The van der Waals surface area contributed by atoms with Crippen molar-refractivity contribution in [1.82, 2.24) is 0 Å². The summed E-state index contributed by atoms with van der Waals surface area (Å²) in [5, 5.41) is 18.5. The first-order chi connectivity index (χ1) is 7.61. The van der Waals surface area contributed by atoms with Gasteiger partial charge in [-0.05, 0) is 18.4 Å². The molecule has 2 rings (SSSR count). The molecule has 1 aliphatic rings. The van der Waals surface area contributed by atoms with Gasteiger partial charge in [0.25, 0.3) is 0 Å². The van der Waals surface area contributed by atoms with Crippen LogP contribution in [0, 0.1) is 0 Å². The molecular formula is C12H15NO3. The van der Waals surface area contributed by atoms with E-state index in [1.54, 1.807) is 12.1 Å². The minimum atomic E-state index is -1.43. The van der Waals surface area contributed by atoms with E-state index in [9.17, 15) is 9.90 Å². The van der Waals surface area contributed by atoms with E-state index in [-0.39, 0.29) is 0 Å². The van der Waals surface area contributed by atoms with Crippen LogP contribution in [0.5, 0.6) is 0 Å². The van der Waals surface area contributed by atoms with Crippen molar-refractivity contribution in [1.29, 1.82) is 0 Å². The molecule has 2 N–H and O–H groups in total. The number of aliphatic hydroxyl groups excluding tert-OH is 1. The fourth-order valence-corrected chi connectivity index (χ4v) is 2.25. The summed E-state index contributed by atoms with van der Waals surface area (Å²) in [5.74, 6) is -1.20. The number of nitrogens with zero attached hydrogens (tertiary/aromatic N) is 1. The average Bonchev–Trinajstić information content (AvgIpc) is 2.27. The molecule has 0 aliphatic carbocycles. The molecule has 1 atom stereocenters. The number of benzene rings is 1. The molecule has 1 aromatic carbocycles. The van der Waals surface area contributed by atoms with Gasteiger partial charge in [0.1, 0.15) is 0 Å². The van der Waals surface area contributed by atoms with Crippen LogP contribution >= 0.6 is 0 Å². The first-order valence-electron chi connectivity index (χ1n) is 5.35. The molecule has 1 aliphatic heterocycles. The van der Waals surface area contributed by atoms with Crippen molar-refractivity contribution in [2.24, 2.45) is 0 Å². The molecule has 4 heteroatoms. The Hall–Kier alpha value is -1.55. The van der Waals surface area contributed by atoms with Crippen molar-refractivity contribution in [3.8, 4) is 0 Å². The van der Waals surface area contributed by atoms with E-state index in [0.29, 0.717) is 5.56 Å². The molecule has 1 heterocycles. The largest absolute Gasteiger partial charge is 0.479 e. The number of aliphatic hydroxyl groups is 1. The van der Waals surface area contributed by atoms with E-state index >= 15 is 0 Å². The maximum atomic E-state index is 10.8. The van der Waals surface area contributed by atoms with Gasteiger partial charge in [0.05, 0.1) is 0 Å². The average molecular weight is 221 g/mol. The highest BCUT2D eigenvalue weighted by atomic mass is 16.4. The smallest absolute Gasteiger partial charge is 0.337 e. The molecule has 1 unspecified atom stereocenters. The SMILES string of the molecule is CN1CCCc2cccc(C(O)C(=O)O)c21. The number of aliphatic carboxylic acids is 1. The van der Waals surface area contributed by atoms with E-state index in [1.807, 2.05) is 18.0 Å². The number of hydrogen-bond acceptors (Lipinski definition) is 3. The van der Waals surface area contributed by atoms with Gasteiger partial charge in [-0.1, -0.05) is 18.2 Å². The lowest BCUT2D eigenvalue weighted by atomic mass is 9.95. The molecule has 16 heavy (non-hydrogen) atoms. The normalized spacial score (nSPS) is 16.8. The number of carboxylic acid groups (broad SMARTS) is 1. The maximum absolute atomic E-state index is 10.8. The number of hydrogen-bond donors (Lipinski definition) is 2. The molecule has 0 spiro atoms. The summed E-state index contributed by atoms with van der Waals surface area (Å²) in [6, 6.07) is 5.47. The summed E-state index contributed by atoms with van der Waals surface area (Å²) in [7, 11) is 1.93. The van der Waals surface area contributed by atoms with E-state index in [2.05, 4.69) is 0 Å². The van der Waals surface area contributed by atoms with Crippen LogP contribution < -0.4 is 4.90 Å². The van der Waals surface area contributed by atoms with Gasteiger partial charge in [-0.2, -0.15) is 0 Å². The summed E-state index contributed by atoms with van der Waals surface area (Å²) < 4.78 is 0. The second kappa shape index (κ2) is 4.14. The van der Waals surface area contributed by atoms with Gasteiger partial charge in [-0.25, -0.2) is 4.79 Å². The number of aryl methyl sites for hydroxylation is 1. The maximum Gasteiger partial charge on any atom is 0.337 e. The minimum Gasteiger partial charge on any atom is -0.479 e. The zero-order valence-electron chi connectivity index (χ0n) is 9.18. The van der Waals surface area contributed by atoms with Gasteiger partial charge in [0, 0.05) is 24.8 Å².